The molecule has 0 fully saturated rings. The maximum Gasteiger partial charge on any atom is 0.265 e. The molecule has 19 heavy (non-hydrogen) atoms. The third-order valence-corrected chi connectivity index (χ3v) is 3.65. The summed E-state index contributed by atoms with van der Waals surface area (Å²) in [5.41, 5.74) is 7.45. The van der Waals surface area contributed by atoms with E-state index in [0.29, 0.717) is 17.1 Å². The smallest absolute Gasteiger partial charge is 0.265 e. The standard InChI is InChI=1S/C13H16N4OS/c1-17(2)13(18)12-10(14)6-11(19-12)16-8-9-4-3-5-15-7-9/h3-7,16H,8,14H2,1-2H3. The van der Waals surface area contributed by atoms with E-state index >= 15 is 0 Å². The Kier molecular flexibility index (Phi) is 4.01. The van der Waals surface area contributed by atoms with Crippen LogP contribution < -0.4 is 11.1 Å². The van der Waals surface area contributed by atoms with E-state index in [1.807, 2.05) is 12.1 Å². The van der Waals surface area contributed by atoms with Gasteiger partial charge < -0.3 is 16.0 Å². The first-order chi connectivity index (χ1) is 9.08. The van der Waals surface area contributed by atoms with Gasteiger partial charge >= 0.3 is 0 Å². The second-order valence-corrected chi connectivity index (χ2v) is 5.36. The van der Waals surface area contributed by atoms with Crippen LogP contribution in [-0.2, 0) is 6.54 Å². The molecular weight excluding hydrogens is 260 g/mol. The summed E-state index contributed by atoms with van der Waals surface area (Å²) in [6.07, 6.45) is 3.54. The molecule has 2 rings (SSSR count). The molecule has 0 atom stereocenters. The molecule has 100 valence electrons. The predicted molar refractivity (Wildman–Crippen MR) is 78.3 cm³/mol. The van der Waals surface area contributed by atoms with Crippen LogP contribution in [0.2, 0.25) is 0 Å². The maximum atomic E-state index is 11.9. The predicted octanol–water partition coefficient (Wildman–Crippen LogP) is 2.04. The largest absolute Gasteiger partial charge is 0.397 e. The van der Waals surface area contributed by atoms with Crippen LogP contribution in [-0.4, -0.2) is 29.9 Å². The lowest BCUT2D eigenvalue weighted by molar-refractivity contribution is 0.0833. The summed E-state index contributed by atoms with van der Waals surface area (Å²) in [5, 5.41) is 4.12. The molecule has 1 amide bonds. The Morgan fingerprint density at radius 3 is 2.95 bits per heavy atom. The van der Waals surface area contributed by atoms with Gasteiger partial charge in [-0.2, -0.15) is 0 Å². The van der Waals surface area contributed by atoms with Gasteiger partial charge in [-0.25, -0.2) is 0 Å². The first-order valence-corrected chi connectivity index (χ1v) is 6.63. The van der Waals surface area contributed by atoms with Gasteiger partial charge in [-0.15, -0.1) is 11.3 Å². The fourth-order valence-electron chi connectivity index (χ4n) is 1.55. The molecule has 0 bridgehead atoms. The van der Waals surface area contributed by atoms with Crippen molar-refractivity contribution in [2.75, 3.05) is 25.1 Å². The van der Waals surface area contributed by atoms with E-state index in [9.17, 15) is 4.79 Å². The van der Waals surface area contributed by atoms with Crippen molar-refractivity contribution in [2.24, 2.45) is 0 Å². The van der Waals surface area contributed by atoms with E-state index in [-0.39, 0.29) is 5.91 Å². The summed E-state index contributed by atoms with van der Waals surface area (Å²) in [7, 11) is 3.43. The van der Waals surface area contributed by atoms with Crippen molar-refractivity contribution in [1.29, 1.82) is 0 Å². The van der Waals surface area contributed by atoms with Crippen LogP contribution in [0.25, 0.3) is 0 Å². The topological polar surface area (TPSA) is 71.2 Å². The third-order valence-electron chi connectivity index (χ3n) is 2.55. The summed E-state index contributed by atoms with van der Waals surface area (Å²) >= 11 is 1.37. The van der Waals surface area contributed by atoms with Crippen LogP contribution in [0.5, 0.6) is 0 Å². The highest BCUT2D eigenvalue weighted by atomic mass is 32.1. The van der Waals surface area contributed by atoms with Gasteiger partial charge in [0.1, 0.15) is 4.88 Å². The number of amides is 1. The van der Waals surface area contributed by atoms with Crippen LogP contribution >= 0.6 is 11.3 Å². The van der Waals surface area contributed by atoms with Crippen LogP contribution in [0.1, 0.15) is 15.2 Å². The van der Waals surface area contributed by atoms with Gasteiger partial charge in [-0.05, 0) is 17.7 Å². The lowest BCUT2D eigenvalue weighted by Crippen LogP contribution is -2.21. The van der Waals surface area contributed by atoms with E-state index in [4.69, 9.17) is 5.73 Å². The number of hydrogen-bond donors (Lipinski definition) is 2. The molecule has 0 saturated carbocycles. The molecule has 0 aliphatic heterocycles. The number of rotatable bonds is 4. The SMILES string of the molecule is CN(C)C(=O)c1sc(NCc2cccnc2)cc1N. The summed E-state index contributed by atoms with van der Waals surface area (Å²) in [6, 6.07) is 5.67. The maximum absolute atomic E-state index is 11.9. The fraction of sp³-hybridized carbons (Fsp3) is 0.231. The van der Waals surface area contributed by atoms with Crippen molar-refractivity contribution in [3.8, 4) is 0 Å². The lowest BCUT2D eigenvalue weighted by atomic mass is 10.3. The summed E-state index contributed by atoms with van der Waals surface area (Å²) in [4.78, 5) is 18.0. The molecule has 2 heterocycles. The summed E-state index contributed by atoms with van der Waals surface area (Å²) in [6.45, 7) is 0.656. The average molecular weight is 276 g/mol. The number of thiophene rings is 1. The van der Waals surface area contributed by atoms with Crippen molar-refractivity contribution in [3.63, 3.8) is 0 Å². The molecule has 0 aromatic carbocycles. The molecular formula is C13H16N4OS. The summed E-state index contributed by atoms with van der Waals surface area (Å²) in [5.74, 6) is -0.0723. The van der Waals surface area contributed by atoms with Gasteiger partial charge in [-0.1, -0.05) is 6.07 Å². The normalized spacial score (nSPS) is 10.2. The zero-order chi connectivity index (χ0) is 13.8. The van der Waals surface area contributed by atoms with Gasteiger partial charge in [0.05, 0.1) is 10.7 Å². The van der Waals surface area contributed by atoms with Gasteiger partial charge in [-0.3, -0.25) is 9.78 Å². The third kappa shape index (κ3) is 3.23. The van der Waals surface area contributed by atoms with E-state index in [1.165, 1.54) is 16.2 Å². The van der Waals surface area contributed by atoms with Crippen molar-refractivity contribution in [2.45, 2.75) is 6.54 Å². The minimum Gasteiger partial charge on any atom is -0.397 e. The molecule has 0 saturated heterocycles. The average Bonchev–Trinajstić information content (AvgIpc) is 2.78. The quantitative estimate of drug-likeness (QED) is 0.896. The Hall–Kier alpha value is -2.08. The monoisotopic (exact) mass is 276 g/mol. The highest BCUT2D eigenvalue weighted by Gasteiger charge is 2.15. The first kappa shape index (κ1) is 13.4. The van der Waals surface area contributed by atoms with Crippen molar-refractivity contribution in [1.82, 2.24) is 9.88 Å². The molecule has 0 aliphatic rings. The number of hydrogen-bond acceptors (Lipinski definition) is 5. The number of nitrogens with two attached hydrogens (primary N) is 1. The second kappa shape index (κ2) is 5.71. The molecule has 0 aliphatic carbocycles. The molecule has 5 nitrogen and oxygen atoms in total. The number of nitrogens with one attached hydrogen (secondary N) is 1. The van der Waals surface area contributed by atoms with Crippen LogP contribution in [0.15, 0.2) is 30.6 Å². The number of nitrogens with zero attached hydrogens (tertiary/aromatic N) is 2. The Morgan fingerprint density at radius 1 is 1.53 bits per heavy atom. The van der Waals surface area contributed by atoms with Gasteiger partial charge in [0.25, 0.3) is 5.91 Å². The molecule has 0 unspecified atom stereocenters. The molecule has 0 spiro atoms. The second-order valence-electron chi connectivity index (χ2n) is 4.31. The molecule has 2 aromatic rings. The Morgan fingerprint density at radius 2 is 2.32 bits per heavy atom. The molecule has 2 aromatic heterocycles. The highest BCUT2D eigenvalue weighted by molar-refractivity contribution is 7.18. The Balaban J connectivity index is 2.06. The van der Waals surface area contributed by atoms with Crippen LogP contribution in [0.3, 0.4) is 0 Å². The zero-order valence-corrected chi connectivity index (χ0v) is 11.7. The van der Waals surface area contributed by atoms with E-state index in [0.717, 1.165) is 10.6 Å². The lowest BCUT2D eigenvalue weighted by Gasteiger charge is -2.08. The fourth-order valence-corrected chi connectivity index (χ4v) is 2.55. The Labute approximate surface area is 116 Å². The van der Waals surface area contributed by atoms with Crippen LogP contribution in [0, 0.1) is 0 Å². The Bertz CT molecular complexity index is 565. The summed E-state index contributed by atoms with van der Waals surface area (Å²) < 4.78 is 0. The van der Waals surface area contributed by atoms with Crippen molar-refractivity contribution in [3.05, 3.63) is 41.0 Å². The molecule has 3 N–H and O–H groups in total. The molecule has 6 heteroatoms. The van der Waals surface area contributed by atoms with E-state index in [1.54, 1.807) is 32.6 Å². The van der Waals surface area contributed by atoms with Crippen molar-refractivity contribution < 1.29 is 4.79 Å². The van der Waals surface area contributed by atoms with Crippen molar-refractivity contribution >= 4 is 27.9 Å². The number of carbonyl (C=O) groups is 1. The van der Waals surface area contributed by atoms with Crippen LogP contribution in [0.4, 0.5) is 10.7 Å². The van der Waals surface area contributed by atoms with E-state index in [2.05, 4.69) is 10.3 Å². The first-order valence-electron chi connectivity index (χ1n) is 5.81. The van der Waals surface area contributed by atoms with E-state index < -0.39 is 0 Å². The number of pyridine rings is 1. The number of carbonyl (C=O) groups excluding carboxylic acids is 1. The highest BCUT2D eigenvalue weighted by Crippen LogP contribution is 2.30. The number of aromatic nitrogens is 1. The zero-order valence-electron chi connectivity index (χ0n) is 10.9. The number of nitrogen functional groups attached to an aromatic ring is 1. The minimum atomic E-state index is -0.0723. The number of anilines is 2. The van der Waals surface area contributed by atoms with Gasteiger partial charge in [0, 0.05) is 33.0 Å². The van der Waals surface area contributed by atoms with Gasteiger partial charge in [0.15, 0.2) is 0 Å². The van der Waals surface area contributed by atoms with Gasteiger partial charge in [0.2, 0.25) is 0 Å². The minimum absolute atomic E-state index is 0.0723. The molecule has 0 radical (unpaired) electrons.